The average molecular weight is 304 g/mol. The Bertz CT molecular complexity index is 798. The standard InChI is InChI=1S/C14H12N2O4S/c15-21(17,18)12-4-2-11(3-5-12)16-8-10-1-6-13-14(7-10)20-9-19-13/h1-8H,9H2,(H2,15,17,18). The van der Waals surface area contributed by atoms with E-state index < -0.39 is 10.0 Å². The van der Waals surface area contributed by atoms with E-state index in [-0.39, 0.29) is 11.7 Å². The number of fused-ring (bicyclic) bond motifs is 1. The number of hydrogen-bond donors (Lipinski definition) is 1. The van der Waals surface area contributed by atoms with Crippen LogP contribution in [0.15, 0.2) is 52.4 Å². The quantitative estimate of drug-likeness (QED) is 0.875. The van der Waals surface area contributed by atoms with Crippen LogP contribution in [0.2, 0.25) is 0 Å². The van der Waals surface area contributed by atoms with E-state index in [1.807, 2.05) is 18.2 Å². The van der Waals surface area contributed by atoms with Crippen LogP contribution < -0.4 is 14.6 Å². The second kappa shape index (κ2) is 5.19. The molecule has 3 rings (SSSR count). The molecule has 0 saturated carbocycles. The number of rotatable bonds is 3. The van der Waals surface area contributed by atoms with Crippen molar-refractivity contribution in [1.82, 2.24) is 0 Å². The van der Waals surface area contributed by atoms with Crippen molar-refractivity contribution in [3.8, 4) is 11.5 Å². The third-order valence-electron chi connectivity index (χ3n) is 2.92. The molecule has 2 N–H and O–H groups in total. The van der Waals surface area contributed by atoms with Crippen molar-refractivity contribution in [2.24, 2.45) is 10.1 Å². The Morgan fingerprint density at radius 2 is 1.76 bits per heavy atom. The molecule has 0 atom stereocenters. The normalized spacial score (nSPS) is 13.8. The molecular formula is C14H12N2O4S. The van der Waals surface area contributed by atoms with Crippen LogP contribution in [0.1, 0.15) is 5.56 Å². The molecule has 0 radical (unpaired) electrons. The number of nitrogens with two attached hydrogens (primary N) is 1. The number of nitrogens with zero attached hydrogens (tertiary/aromatic N) is 1. The van der Waals surface area contributed by atoms with E-state index in [1.54, 1.807) is 18.3 Å². The summed E-state index contributed by atoms with van der Waals surface area (Å²) < 4.78 is 32.8. The minimum atomic E-state index is -3.68. The fourth-order valence-electron chi connectivity index (χ4n) is 1.86. The van der Waals surface area contributed by atoms with Crippen LogP contribution in [0.5, 0.6) is 11.5 Å². The van der Waals surface area contributed by atoms with Crippen LogP contribution in [0.4, 0.5) is 5.69 Å². The Balaban J connectivity index is 1.80. The van der Waals surface area contributed by atoms with Gasteiger partial charge in [0.25, 0.3) is 0 Å². The topological polar surface area (TPSA) is 91.0 Å². The maximum absolute atomic E-state index is 11.1. The van der Waals surface area contributed by atoms with Crippen molar-refractivity contribution in [3.63, 3.8) is 0 Å². The molecule has 0 fully saturated rings. The molecule has 2 aromatic rings. The Labute approximate surface area is 121 Å². The molecule has 7 heteroatoms. The number of hydrogen-bond acceptors (Lipinski definition) is 5. The van der Waals surface area contributed by atoms with Gasteiger partial charge in [-0.3, -0.25) is 4.99 Å². The van der Waals surface area contributed by atoms with Crippen LogP contribution in [0.25, 0.3) is 0 Å². The zero-order valence-corrected chi connectivity index (χ0v) is 11.7. The molecule has 1 heterocycles. The molecule has 0 aromatic heterocycles. The summed E-state index contributed by atoms with van der Waals surface area (Å²) in [7, 11) is -3.68. The Morgan fingerprint density at radius 3 is 2.48 bits per heavy atom. The van der Waals surface area contributed by atoms with Gasteiger partial charge in [0.05, 0.1) is 10.6 Å². The van der Waals surface area contributed by atoms with Crippen LogP contribution >= 0.6 is 0 Å². The number of benzene rings is 2. The molecule has 0 bridgehead atoms. The first-order valence-electron chi connectivity index (χ1n) is 6.09. The van der Waals surface area contributed by atoms with Gasteiger partial charge in [0.1, 0.15) is 0 Å². The molecule has 0 spiro atoms. The third kappa shape index (κ3) is 3.04. The van der Waals surface area contributed by atoms with Gasteiger partial charge in [-0.25, -0.2) is 13.6 Å². The first kappa shape index (κ1) is 13.6. The summed E-state index contributed by atoms with van der Waals surface area (Å²) in [4.78, 5) is 4.33. The fourth-order valence-corrected chi connectivity index (χ4v) is 2.38. The van der Waals surface area contributed by atoms with Crippen LogP contribution in [-0.4, -0.2) is 21.4 Å². The van der Waals surface area contributed by atoms with Gasteiger partial charge in [0.2, 0.25) is 16.8 Å². The first-order valence-corrected chi connectivity index (χ1v) is 7.63. The summed E-state index contributed by atoms with van der Waals surface area (Å²) in [6.07, 6.45) is 1.66. The van der Waals surface area contributed by atoms with Crippen molar-refractivity contribution in [2.45, 2.75) is 4.90 Å². The van der Waals surface area contributed by atoms with E-state index in [9.17, 15) is 8.42 Å². The van der Waals surface area contributed by atoms with Gasteiger partial charge in [-0.15, -0.1) is 0 Å². The number of aliphatic imine (C=N–C) groups is 1. The fraction of sp³-hybridized carbons (Fsp3) is 0.0714. The monoisotopic (exact) mass is 304 g/mol. The van der Waals surface area contributed by atoms with E-state index in [2.05, 4.69) is 4.99 Å². The molecule has 1 aliphatic rings. The molecule has 0 aliphatic carbocycles. The van der Waals surface area contributed by atoms with Crippen LogP contribution in [0, 0.1) is 0 Å². The average Bonchev–Trinajstić information content (AvgIpc) is 2.92. The number of sulfonamides is 1. The summed E-state index contributed by atoms with van der Waals surface area (Å²) >= 11 is 0. The first-order chi connectivity index (χ1) is 10.0. The number of primary sulfonamides is 1. The Hall–Kier alpha value is -2.38. The smallest absolute Gasteiger partial charge is 0.238 e. The largest absolute Gasteiger partial charge is 0.454 e. The van der Waals surface area contributed by atoms with Gasteiger partial charge < -0.3 is 9.47 Å². The zero-order chi connectivity index (χ0) is 14.9. The lowest BCUT2D eigenvalue weighted by Crippen LogP contribution is -2.11. The van der Waals surface area contributed by atoms with Crippen molar-refractivity contribution in [1.29, 1.82) is 0 Å². The highest BCUT2D eigenvalue weighted by Crippen LogP contribution is 2.32. The zero-order valence-electron chi connectivity index (χ0n) is 10.9. The summed E-state index contributed by atoms with van der Waals surface area (Å²) in [5.41, 5.74) is 1.48. The molecule has 0 saturated heterocycles. The van der Waals surface area contributed by atoms with Gasteiger partial charge in [0.15, 0.2) is 11.5 Å². The van der Waals surface area contributed by atoms with Crippen molar-refractivity contribution >= 4 is 21.9 Å². The van der Waals surface area contributed by atoms with Gasteiger partial charge in [-0.05, 0) is 48.0 Å². The maximum Gasteiger partial charge on any atom is 0.238 e. The molecule has 0 unspecified atom stereocenters. The van der Waals surface area contributed by atoms with Crippen molar-refractivity contribution in [3.05, 3.63) is 48.0 Å². The molecule has 6 nitrogen and oxygen atoms in total. The summed E-state index contributed by atoms with van der Waals surface area (Å²) in [5, 5.41) is 5.03. The predicted molar refractivity (Wildman–Crippen MR) is 77.6 cm³/mol. The molecular weight excluding hydrogens is 292 g/mol. The van der Waals surface area contributed by atoms with E-state index in [0.717, 1.165) is 5.56 Å². The maximum atomic E-state index is 11.1. The highest BCUT2D eigenvalue weighted by atomic mass is 32.2. The lowest BCUT2D eigenvalue weighted by Gasteiger charge is -1.99. The van der Waals surface area contributed by atoms with Gasteiger partial charge in [-0.1, -0.05) is 0 Å². The lowest BCUT2D eigenvalue weighted by atomic mass is 10.2. The van der Waals surface area contributed by atoms with E-state index in [1.165, 1.54) is 12.1 Å². The lowest BCUT2D eigenvalue weighted by molar-refractivity contribution is 0.174. The van der Waals surface area contributed by atoms with E-state index in [4.69, 9.17) is 14.6 Å². The molecule has 2 aromatic carbocycles. The van der Waals surface area contributed by atoms with Crippen molar-refractivity contribution in [2.75, 3.05) is 6.79 Å². The molecule has 21 heavy (non-hydrogen) atoms. The van der Waals surface area contributed by atoms with Gasteiger partial charge >= 0.3 is 0 Å². The Morgan fingerprint density at radius 1 is 1.05 bits per heavy atom. The Kier molecular flexibility index (Phi) is 3.36. The van der Waals surface area contributed by atoms with Gasteiger partial charge in [-0.2, -0.15) is 0 Å². The van der Waals surface area contributed by atoms with Crippen molar-refractivity contribution < 1.29 is 17.9 Å². The molecule has 108 valence electrons. The molecule has 0 amide bonds. The SMILES string of the molecule is NS(=O)(=O)c1ccc(N=Cc2ccc3c(c2)OCO3)cc1. The van der Waals surface area contributed by atoms with Crippen LogP contribution in [-0.2, 0) is 10.0 Å². The van der Waals surface area contributed by atoms with E-state index >= 15 is 0 Å². The highest BCUT2D eigenvalue weighted by molar-refractivity contribution is 7.89. The summed E-state index contributed by atoms with van der Waals surface area (Å²) in [5.74, 6) is 1.40. The van der Waals surface area contributed by atoms with Crippen LogP contribution in [0.3, 0.4) is 0 Å². The molecule has 1 aliphatic heterocycles. The van der Waals surface area contributed by atoms with E-state index in [0.29, 0.717) is 17.2 Å². The summed E-state index contributed by atoms with van der Waals surface area (Å²) in [6.45, 7) is 0.227. The summed E-state index contributed by atoms with van der Waals surface area (Å²) in [6, 6.07) is 11.5. The second-order valence-corrected chi connectivity index (χ2v) is 5.97. The highest BCUT2D eigenvalue weighted by Gasteiger charge is 2.12. The van der Waals surface area contributed by atoms with Gasteiger partial charge in [0, 0.05) is 6.21 Å². The predicted octanol–water partition coefficient (Wildman–Crippen LogP) is 1.81. The minimum Gasteiger partial charge on any atom is -0.454 e. The number of ether oxygens (including phenoxy) is 2. The minimum absolute atomic E-state index is 0.0597. The second-order valence-electron chi connectivity index (χ2n) is 4.41. The third-order valence-corrected chi connectivity index (χ3v) is 3.85.